The van der Waals surface area contributed by atoms with Gasteiger partial charge < -0.3 is 10.2 Å². The fraction of sp³-hybridized carbons (Fsp3) is 0.182. The lowest BCUT2D eigenvalue weighted by atomic mass is 9.95. The maximum absolute atomic E-state index is 11.7. The number of pyridine rings is 1. The van der Waals surface area contributed by atoms with E-state index in [1.54, 1.807) is 12.4 Å². The van der Waals surface area contributed by atoms with E-state index in [1.807, 2.05) is 35.0 Å². The van der Waals surface area contributed by atoms with Crippen LogP contribution in [-0.4, -0.2) is 42.5 Å². The van der Waals surface area contributed by atoms with Crippen molar-refractivity contribution in [3.05, 3.63) is 64.0 Å². The summed E-state index contributed by atoms with van der Waals surface area (Å²) in [5.41, 5.74) is 6.19. The van der Waals surface area contributed by atoms with Crippen LogP contribution in [0.3, 0.4) is 0 Å². The van der Waals surface area contributed by atoms with Gasteiger partial charge in [-0.15, -0.1) is 0 Å². The number of rotatable bonds is 5. The third-order valence-electron chi connectivity index (χ3n) is 5.25. The van der Waals surface area contributed by atoms with Crippen molar-refractivity contribution in [2.75, 3.05) is 11.9 Å². The van der Waals surface area contributed by atoms with Crippen LogP contribution < -0.4 is 5.32 Å². The van der Waals surface area contributed by atoms with E-state index in [1.165, 1.54) is 11.3 Å². The minimum absolute atomic E-state index is 0.0810. The van der Waals surface area contributed by atoms with Gasteiger partial charge in [-0.05, 0) is 58.6 Å². The van der Waals surface area contributed by atoms with Crippen molar-refractivity contribution in [1.29, 1.82) is 0 Å². The summed E-state index contributed by atoms with van der Waals surface area (Å²) in [6, 6.07) is 9.50. The molecule has 1 aliphatic rings. The molecule has 4 aromatic rings. The lowest BCUT2D eigenvalue weighted by molar-refractivity contribution is -0.118. The monoisotopic (exact) mass is 511 g/mol. The van der Waals surface area contributed by atoms with Crippen LogP contribution in [0.2, 0.25) is 0 Å². The van der Waals surface area contributed by atoms with E-state index in [4.69, 9.17) is 10.2 Å². The molecule has 10 heteroatoms. The number of carbonyl (C=O) groups excluding carboxylic acids is 1. The second-order valence-electron chi connectivity index (χ2n) is 7.27. The fourth-order valence-corrected chi connectivity index (χ4v) is 5.31. The lowest BCUT2D eigenvalue weighted by Gasteiger charge is -2.15. The minimum Gasteiger partial charge on any atom is -0.392 e. The number of carbonyl (C=O) groups is 1. The summed E-state index contributed by atoms with van der Waals surface area (Å²) < 4.78 is 2.71. The standard InChI is InChI=1S/C22H18BrN5O3S/c23-15-5-3-12(10-29)8-17(15)28-20-14(19(27-28)13-2-1-7-24-9-13)4-6-16-21(20)32-22(25-16)26-18(31)11-30/h1-3,5,7-9,29-30H,4,6,10-11H2,(H,25,26,31). The molecule has 1 aromatic carbocycles. The Hall–Kier alpha value is -2.92. The largest absolute Gasteiger partial charge is 0.392 e. The SMILES string of the molecule is O=C(CO)Nc1nc2c(s1)-c1c(c(-c3cccnc3)nn1-c1cc(CO)ccc1Br)CC2. The van der Waals surface area contributed by atoms with Crippen LogP contribution in [0.4, 0.5) is 5.13 Å². The highest BCUT2D eigenvalue weighted by Crippen LogP contribution is 2.44. The van der Waals surface area contributed by atoms with Gasteiger partial charge in [-0.25, -0.2) is 9.67 Å². The molecule has 8 nitrogen and oxygen atoms in total. The van der Waals surface area contributed by atoms with Gasteiger partial charge in [-0.1, -0.05) is 17.4 Å². The number of hydrogen-bond donors (Lipinski definition) is 3. The van der Waals surface area contributed by atoms with Crippen molar-refractivity contribution in [2.45, 2.75) is 19.4 Å². The zero-order valence-electron chi connectivity index (χ0n) is 16.7. The first-order valence-electron chi connectivity index (χ1n) is 9.91. The average molecular weight is 512 g/mol. The van der Waals surface area contributed by atoms with Gasteiger partial charge in [0, 0.05) is 28.0 Å². The number of aromatic nitrogens is 4. The maximum Gasteiger partial charge on any atom is 0.251 e. The number of aliphatic hydroxyl groups excluding tert-OH is 2. The zero-order valence-corrected chi connectivity index (χ0v) is 19.2. The number of anilines is 1. The molecule has 162 valence electrons. The van der Waals surface area contributed by atoms with Crippen LogP contribution in [0.5, 0.6) is 0 Å². The quantitative estimate of drug-likeness (QED) is 0.378. The number of hydrogen-bond acceptors (Lipinski definition) is 7. The Bertz CT molecular complexity index is 1320. The summed E-state index contributed by atoms with van der Waals surface area (Å²) >= 11 is 4.98. The van der Waals surface area contributed by atoms with Crippen LogP contribution in [-0.2, 0) is 24.2 Å². The Kier molecular flexibility index (Phi) is 5.60. The molecule has 1 amide bonds. The van der Waals surface area contributed by atoms with Gasteiger partial charge in [0.1, 0.15) is 6.61 Å². The highest BCUT2D eigenvalue weighted by atomic mass is 79.9. The van der Waals surface area contributed by atoms with Gasteiger partial charge in [0.15, 0.2) is 5.13 Å². The molecule has 0 saturated heterocycles. The lowest BCUT2D eigenvalue weighted by Crippen LogP contribution is -2.15. The molecule has 5 rings (SSSR count). The topological polar surface area (TPSA) is 113 Å². The molecule has 0 unspecified atom stereocenters. The summed E-state index contributed by atoms with van der Waals surface area (Å²) in [5.74, 6) is -0.501. The number of fused-ring (bicyclic) bond motifs is 3. The highest BCUT2D eigenvalue weighted by molar-refractivity contribution is 9.10. The summed E-state index contributed by atoms with van der Waals surface area (Å²) in [6.45, 7) is -0.679. The summed E-state index contributed by atoms with van der Waals surface area (Å²) in [5, 5.41) is 26.8. The Morgan fingerprint density at radius 1 is 1.25 bits per heavy atom. The Morgan fingerprint density at radius 3 is 2.88 bits per heavy atom. The first kappa shape index (κ1) is 21.0. The predicted octanol–water partition coefficient (Wildman–Crippen LogP) is 3.34. The van der Waals surface area contributed by atoms with E-state index in [0.29, 0.717) is 11.6 Å². The van der Waals surface area contributed by atoms with Crippen molar-refractivity contribution in [2.24, 2.45) is 0 Å². The molecule has 0 radical (unpaired) electrons. The summed E-state index contributed by atoms with van der Waals surface area (Å²) in [7, 11) is 0. The molecule has 32 heavy (non-hydrogen) atoms. The zero-order chi connectivity index (χ0) is 22.2. The van der Waals surface area contributed by atoms with Gasteiger partial charge in [0.2, 0.25) is 0 Å². The van der Waals surface area contributed by atoms with E-state index >= 15 is 0 Å². The van der Waals surface area contributed by atoms with Gasteiger partial charge >= 0.3 is 0 Å². The van der Waals surface area contributed by atoms with E-state index in [0.717, 1.165) is 55.2 Å². The summed E-state index contributed by atoms with van der Waals surface area (Å²) in [4.78, 5) is 21.4. The van der Waals surface area contributed by atoms with E-state index in [9.17, 15) is 9.90 Å². The molecular formula is C22H18BrN5O3S. The van der Waals surface area contributed by atoms with Crippen LogP contribution in [0.15, 0.2) is 47.2 Å². The van der Waals surface area contributed by atoms with Gasteiger partial charge in [0.05, 0.1) is 34.3 Å². The molecule has 0 atom stereocenters. The number of aryl methyl sites for hydroxylation is 1. The highest BCUT2D eigenvalue weighted by Gasteiger charge is 2.30. The van der Waals surface area contributed by atoms with E-state index < -0.39 is 12.5 Å². The fourth-order valence-electron chi connectivity index (χ4n) is 3.81. The number of nitrogens with zero attached hydrogens (tertiary/aromatic N) is 4. The molecule has 3 heterocycles. The minimum atomic E-state index is -0.598. The molecule has 0 saturated carbocycles. The number of thiazole rings is 1. The summed E-state index contributed by atoms with van der Waals surface area (Å²) in [6.07, 6.45) is 4.97. The van der Waals surface area contributed by atoms with E-state index in [-0.39, 0.29) is 6.61 Å². The number of halogens is 1. The molecule has 0 bridgehead atoms. The predicted molar refractivity (Wildman–Crippen MR) is 125 cm³/mol. The average Bonchev–Trinajstić information content (AvgIpc) is 3.40. The Balaban J connectivity index is 1.74. The molecule has 0 fully saturated rings. The molecule has 1 aliphatic carbocycles. The maximum atomic E-state index is 11.7. The van der Waals surface area contributed by atoms with Crippen molar-refractivity contribution in [3.63, 3.8) is 0 Å². The Labute approximate surface area is 195 Å². The van der Waals surface area contributed by atoms with Crippen LogP contribution in [0.25, 0.3) is 27.5 Å². The Morgan fingerprint density at radius 2 is 2.12 bits per heavy atom. The number of benzene rings is 1. The van der Waals surface area contributed by atoms with Crippen molar-refractivity contribution in [3.8, 4) is 27.5 Å². The van der Waals surface area contributed by atoms with E-state index in [2.05, 4.69) is 31.2 Å². The molecule has 0 aliphatic heterocycles. The van der Waals surface area contributed by atoms with Crippen molar-refractivity contribution < 1.29 is 15.0 Å². The van der Waals surface area contributed by atoms with Crippen LogP contribution in [0.1, 0.15) is 16.8 Å². The third kappa shape index (κ3) is 3.65. The van der Waals surface area contributed by atoms with Gasteiger partial charge in [-0.2, -0.15) is 5.10 Å². The first-order chi connectivity index (χ1) is 15.6. The second kappa shape index (κ2) is 8.55. The van der Waals surface area contributed by atoms with Gasteiger partial charge in [0.25, 0.3) is 5.91 Å². The van der Waals surface area contributed by atoms with Crippen molar-refractivity contribution >= 4 is 38.3 Å². The third-order valence-corrected chi connectivity index (χ3v) is 6.94. The molecule has 3 aromatic heterocycles. The molecule has 3 N–H and O–H groups in total. The second-order valence-corrected chi connectivity index (χ2v) is 9.13. The van der Waals surface area contributed by atoms with Crippen LogP contribution >= 0.6 is 27.3 Å². The van der Waals surface area contributed by atoms with Gasteiger partial charge in [-0.3, -0.25) is 15.1 Å². The van der Waals surface area contributed by atoms with Crippen molar-refractivity contribution in [1.82, 2.24) is 19.7 Å². The number of amides is 1. The normalized spacial score (nSPS) is 12.3. The smallest absolute Gasteiger partial charge is 0.251 e. The number of aliphatic hydroxyl groups is 2. The molecular weight excluding hydrogens is 494 g/mol. The number of nitrogens with one attached hydrogen (secondary N) is 1. The first-order valence-corrected chi connectivity index (χ1v) is 11.5. The molecule has 0 spiro atoms. The van der Waals surface area contributed by atoms with Crippen LogP contribution in [0, 0.1) is 0 Å².